The molecule has 0 radical (unpaired) electrons. The van der Waals surface area contributed by atoms with Crippen LogP contribution in [0.5, 0.6) is 11.5 Å². The van der Waals surface area contributed by atoms with E-state index in [9.17, 15) is 0 Å². The Labute approximate surface area is 140 Å². The van der Waals surface area contributed by atoms with Crippen LogP contribution in [0.3, 0.4) is 0 Å². The van der Waals surface area contributed by atoms with Crippen molar-refractivity contribution in [3.63, 3.8) is 0 Å². The van der Waals surface area contributed by atoms with Crippen molar-refractivity contribution in [1.82, 2.24) is 0 Å². The first-order chi connectivity index (χ1) is 10.1. The Hall–Kier alpha value is -1.04. The van der Waals surface area contributed by atoms with Crippen molar-refractivity contribution in [3.05, 3.63) is 56.5 Å². The van der Waals surface area contributed by atoms with Crippen molar-refractivity contribution in [2.75, 3.05) is 13.2 Å². The molecule has 1 aliphatic heterocycles. The lowest BCUT2D eigenvalue weighted by Crippen LogP contribution is -2.18. The minimum atomic E-state index is -0.101. The van der Waals surface area contributed by atoms with Gasteiger partial charge in [0.2, 0.25) is 0 Å². The maximum absolute atomic E-state index is 6.36. The molecule has 2 aromatic carbocycles. The number of fused-ring (bicyclic) bond motifs is 1. The topological polar surface area (TPSA) is 44.5 Å². The summed E-state index contributed by atoms with van der Waals surface area (Å²) in [4.78, 5) is 0. The van der Waals surface area contributed by atoms with Gasteiger partial charge in [-0.25, -0.2) is 0 Å². The summed E-state index contributed by atoms with van der Waals surface area (Å²) in [5.74, 6) is 1.54. The fourth-order valence-electron chi connectivity index (χ4n) is 2.35. The lowest BCUT2D eigenvalue weighted by Gasteiger charge is -2.22. The first kappa shape index (κ1) is 14.9. The van der Waals surface area contributed by atoms with E-state index in [1.807, 2.05) is 24.3 Å². The van der Waals surface area contributed by atoms with Crippen LogP contribution in [-0.2, 0) is 6.42 Å². The van der Waals surface area contributed by atoms with E-state index in [0.29, 0.717) is 13.2 Å². The van der Waals surface area contributed by atoms with Crippen molar-refractivity contribution in [2.45, 2.75) is 12.5 Å². The van der Waals surface area contributed by atoms with E-state index >= 15 is 0 Å². The Bertz CT molecular complexity index is 643. The molecule has 0 spiro atoms. The molecule has 1 unspecified atom stereocenters. The van der Waals surface area contributed by atoms with E-state index in [1.165, 1.54) is 5.56 Å². The summed E-state index contributed by atoms with van der Waals surface area (Å²) in [6.45, 7) is 1.17. The molecule has 0 aromatic heterocycles. The van der Waals surface area contributed by atoms with E-state index in [0.717, 1.165) is 32.4 Å². The Morgan fingerprint density at radius 3 is 2.29 bits per heavy atom. The van der Waals surface area contributed by atoms with Gasteiger partial charge in [-0.05, 0) is 41.8 Å². The highest BCUT2D eigenvalue weighted by Crippen LogP contribution is 2.38. The highest BCUT2D eigenvalue weighted by Gasteiger charge is 2.18. The van der Waals surface area contributed by atoms with E-state index in [2.05, 4.69) is 44.0 Å². The fourth-order valence-corrected chi connectivity index (χ4v) is 3.23. The second-order valence-corrected chi connectivity index (χ2v) is 6.72. The summed E-state index contributed by atoms with van der Waals surface area (Å²) in [6, 6.07) is 12.0. The zero-order chi connectivity index (χ0) is 14.8. The fraction of sp³-hybridized carbons (Fsp3) is 0.250. The molecule has 5 heteroatoms. The van der Waals surface area contributed by atoms with Crippen LogP contribution in [0.4, 0.5) is 0 Å². The smallest absolute Gasteiger partial charge is 0.162 e. The average molecular weight is 413 g/mol. The largest absolute Gasteiger partial charge is 0.486 e. The van der Waals surface area contributed by atoms with Crippen molar-refractivity contribution >= 4 is 31.9 Å². The van der Waals surface area contributed by atoms with Crippen LogP contribution < -0.4 is 15.2 Å². The van der Waals surface area contributed by atoms with E-state index in [1.54, 1.807) is 0 Å². The molecule has 3 nitrogen and oxygen atoms in total. The summed E-state index contributed by atoms with van der Waals surface area (Å²) in [5.41, 5.74) is 8.59. The van der Waals surface area contributed by atoms with E-state index in [4.69, 9.17) is 15.2 Å². The Balaban J connectivity index is 1.83. The third-order valence-electron chi connectivity index (χ3n) is 3.43. The third-order valence-corrected chi connectivity index (χ3v) is 4.65. The second kappa shape index (κ2) is 6.38. The highest BCUT2D eigenvalue weighted by atomic mass is 79.9. The van der Waals surface area contributed by atoms with Crippen LogP contribution in [0.1, 0.15) is 17.2 Å². The molecule has 1 atom stereocenters. The number of hydrogen-bond donors (Lipinski definition) is 1. The molecule has 1 aliphatic rings. The van der Waals surface area contributed by atoms with Gasteiger partial charge >= 0.3 is 0 Å². The molecule has 0 fully saturated rings. The molecule has 0 amide bonds. The molecule has 0 saturated heterocycles. The Kier molecular flexibility index (Phi) is 4.52. The minimum absolute atomic E-state index is 0.101. The van der Waals surface area contributed by atoms with E-state index < -0.39 is 0 Å². The van der Waals surface area contributed by atoms with Crippen LogP contribution >= 0.6 is 31.9 Å². The maximum Gasteiger partial charge on any atom is 0.162 e. The number of ether oxygens (including phenoxy) is 2. The molecule has 0 bridgehead atoms. The predicted molar refractivity (Wildman–Crippen MR) is 89.9 cm³/mol. The number of rotatable bonds is 3. The lowest BCUT2D eigenvalue weighted by atomic mass is 9.99. The minimum Gasteiger partial charge on any atom is -0.486 e. The third kappa shape index (κ3) is 3.42. The van der Waals surface area contributed by atoms with Gasteiger partial charge < -0.3 is 15.2 Å². The number of benzene rings is 2. The lowest BCUT2D eigenvalue weighted by molar-refractivity contribution is 0.171. The predicted octanol–water partition coefficient (Wildman–Crippen LogP) is 4.23. The van der Waals surface area contributed by atoms with Gasteiger partial charge in [0.1, 0.15) is 13.2 Å². The molecule has 2 aromatic rings. The summed E-state index contributed by atoms with van der Waals surface area (Å²) >= 11 is 7.02. The van der Waals surface area contributed by atoms with Crippen LogP contribution in [0.25, 0.3) is 0 Å². The molecule has 0 saturated carbocycles. The van der Waals surface area contributed by atoms with Gasteiger partial charge in [0, 0.05) is 15.0 Å². The quantitative estimate of drug-likeness (QED) is 0.820. The number of hydrogen-bond acceptors (Lipinski definition) is 3. The normalized spacial score (nSPS) is 14.8. The van der Waals surface area contributed by atoms with E-state index in [-0.39, 0.29) is 6.04 Å². The highest BCUT2D eigenvalue weighted by molar-refractivity contribution is 9.10. The average Bonchev–Trinajstić information content (AvgIpc) is 2.49. The summed E-state index contributed by atoms with van der Waals surface area (Å²) in [6.07, 6.45) is 0.769. The van der Waals surface area contributed by atoms with Gasteiger partial charge in [0.25, 0.3) is 0 Å². The van der Waals surface area contributed by atoms with Crippen molar-refractivity contribution in [1.29, 1.82) is 0 Å². The van der Waals surface area contributed by atoms with Crippen molar-refractivity contribution < 1.29 is 9.47 Å². The Morgan fingerprint density at radius 2 is 1.62 bits per heavy atom. The van der Waals surface area contributed by atoms with Gasteiger partial charge in [0.15, 0.2) is 11.5 Å². The van der Waals surface area contributed by atoms with Crippen LogP contribution in [0.2, 0.25) is 0 Å². The molecular weight excluding hydrogens is 398 g/mol. The SMILES string of the molecule is NC(Cc1ccc(Br)cc1)c1cc2c(cc1Br)OCCO2. The second-order valence-electron chi connectivity index (χ2n) is 4.95. The van der Waals surface area contributed by atoms with Gasteiger partial charge in [-0.15, -0.1) is 0 Å². The molecule has 3 rings (SSSR count). The van der Waals surface area contributed by atoms with Gasteiger partial charge in [-0.2, -0.15) is 0 Å². The Morgan fingerprint density at radius 1 is 1.00 bits per heavy atom. The van der Waals surface area contributed by atoms with Gasteiger partial charge in [-0.1, -0.05) is 44.0 Å². The molecule has 0 aliphatic carbocycles. The standard InChI is InChI=1S/C16H15Br2NO2/c17-11-3-1-10(2-4-11)7-14(19)12-8-15-16(9-13(12)18)21-6-5-20-15/h1-4,8-9,14H,5-7,19H2. The monoisotopic (exact) mass is 411 g/mol. The van der Waals surface area contributed by atoms with Crippen molar-refractivity contribution in [3.8, 4) is 11.5 Å². The zero-order valence-corrected chi connectivity index (χ0v) is 14.5. The van der Waals surface area contributed by atoms with Crippen LogP contribution in [-0.4, -0.2) is 13.2 Å². The van der Waals surface area contributed by atoms with Crippen LogP contribution in [0.15, 0.2) is 45.3 Å². The number of nitrogens with two attached hydrogens (primary N) is 1. The summed E-state index contributed by atoms with van der Waals surface area (Å²) in [5, 5.41) is 0. The van der Waals surface area contributed by atoms with Gasteiger partial charge in [0.05, 0.1) is 0 Å². The summed E-state index contributed by atoms with van der Waals surface area (Å²) in [7, 11) is 0. The molecule has 2 N–H and O–H groups in total. The first-order valence-corrected chi connectivity index (χ1v) is 8.31. The van der Waals surface area contributed by atoms with Crippen molar-refractivity contribution in [2.24, 2.45) is 5.73 Å². The molecule has 110 valence electrons. The molecule has 1 heterocycles. The zero-order valence-electron chi connectivity index (χ0n) is 11.3. The first-order valence-electron chi connectivity index (χ1n) is 6.72. The van der Waals surface area contributed by atoms with Gasteiger partial charge in [-0.3, -0.25) is 0 Å². The molecule has 21 heavy (non-hydrogen) atoms. The maximum atomic E-state index is 6.36. The van der Waals surface area contributed by atoms with Crippen LogP contribution in [0, 0.1) is 0 Å². The molecular formula is C16H15Br2NO2. The number of halogens is 2. The summed E-state index contributed by atoms with van der Waals surface area (Å²) < 4.78 is 13.2.